The molecule has 0 unspecified atom stereocenters. The molecule has 0 spiro atoms. The summed E-state index contributed by atoms with van der Waals surface area (Å²) in [5, 5.41) is 0.882. The molecule has 2 aromatic heterocycles. The van der Waals surface area contributed by atoms with Crippen molar-refractivity contribution in [1.82, 2.24) is 9.88 Å². The molecule has 0 bridgehead atoms. The van der Waals surface area contributed by atoms with E-state index in [-0.39, 0.29) is 5.91 Å². The summed E-state index contributed by atoms with van der Waals surface area (Å²) in [7, 11) is 1.81. The van der Waals surface area contributed by atoms with Crippen molar-refractivity contribution in [2.75, 3.05) is 7.05 Å². The first-order valence-electron chi connectivity index (χ1n) is 9.30. The lowest BCUT2D eigenvalue weighted by Crippen LogP contribution is -2.25. The molecule has 0 N–H and O–H groups in total. The monoisotopic (exact) mass is 380 g/mol. The molecule has 3 aromatic rings. The van der Waals surface area contributed by atoms with Gasteiger partial charge >= 0.3 is 0 Å². The van der Waals surface area contributed by atoms with Crippen LogP contribution in [0.3, 0.4) is 0 Å². The molecule has 2 heterocycles. The minimum absolute atomic E-state index is 0.0266. The fourth-order valence-corrected chi connectivity index (χ4v) is 4.44. The highest BCUT2D eigenvalue weighted by Crippen LogP contribution is 2.47. The third-order valence-electron chi connectivity index (χ3n) is 5.23. The predicted molar refractivity (Wildman–Crippen MR) is 108 cm³/mol. The van der Waals surface area contributed by atoms with E-state index in [9.17, 15) is 4.79 Å². The molecule has 2 atom stereocenters. The SMILES string of the molecule is Cc1ccc(-c2ncc(C(=O)N(C)Cc3ccc([C@@H]4C[C@@H]4C)o3)s2)c(C)c1. The Bertz CT molecular complexity index is 988. The molecule has 1 saturated carbocycles. The number of aromatic nitrogens is 1. The number of nitrogens with zero attached hydrogens (tertiary/aromatic N) is 2. The Labute approximate surface area is 163 Å². The van der Waals surface area contributed by atoms with Gasteiger partial charge in [-0.3, -0.25) is 4.79 Å². The molecular weight excluding hydrogens is 356 g/mol. The zero-order chi connectivity index (χ0) is 19.1. The highest BCUT2D eigenvalue weighted by atomic mass is 32.1. The maximum atomic E-state index is 12.8. The summed E-state index contributed by atoms with van der Waals surface area (Å²) in [5.74, 6) is 3.12. The van der Waals surface area contributed by atoms with Crippen molar-refractivity contribution in [1.29, 1.82) is 0 Å². The first-order valence-corrected chi connectivity index (χ1v) is 10.1. The second kappa shape index (κ2) is 6.97. The van der Waals surface area contributed by atoms with Gasteiger partial charge in [-0.15, -0.1) is 11.3 Å². The van der Waals surface area contributed by atoms with Crippen LogP contribution in [-0.4, -0.2) is 22.8 Å². The van der Waals surface area contributed by atoms with Crippen molar-refractivity contribution < 1.29 is 9.21 Å². The zero-order valence-electron chi connectivity index (χ0n) is 16.2. The molecule has 1 aliphatic carbocycles. The van der Waals surface area contributed by atoms with E-state index in [1.54, 1.807) is 18.1 Å². The van der Waals surface area contributed by atoms with Gasteiger partial charge in [-0.1, -0.05) is 30.7 Å². The van der Waals surface area contributed by atoms with Gasteiger partial charge in [0.15, 0.2) is 0 Å². The van der Waals surface area contributed by atoms with Gasteiger partial charge in [-0.25, -0.2) is 4.98 Å². The van der Waals surface area contributed by atoms with Crippen LogP contribution >= 0.6 is 11.3 Å². The van der Waals surface area contributed by atoms with Gasteiger partial charge < -0.3 is 9.32 Å². The van der Waals surface area contributed by atoms with Gasteiger partial charge in [-0.05, 0) is 43.9 Å². The van der Waals surface area contributed by atoms with Gasteiger partial charge in [0.05, 0.1) is 12.7 Å². The van der Waals surface area contributed by atoms with Crippen molar-refractivity contribution >= 4 is 17.2 Å². The molecule has 0 aliphatic heterocycles. The number of furan rings is 1. The molecule has 140 valence electrons. The average molecular weight is 381 g/mol. The van der Waals surface area contributed by atoms with Crippen molar-refractivity contribution in [3.63, 3.8) is 0 Å². The number of thiazole rings is 1. The second-order valence-corrected chi connectivity index (χ2v) is 8.66. The number of aryl methyl sites for hydroxylation is 2. The standard InChI is InChI=1S/C22H24N2O2S/c1-13-5-7-17(14(2)9-13)21-23-11-20(27-21)22(25)24(4)12-16-6-8-19(26-16)18-10-15(18)3/h5-9,11,15,18H,10,12H2,1-4H3/t15-,18+/m0/s1. The van der Waals surface area contributed by atoms with Gasteiger partial charge in [0.2, 0.25) is 0 Å². The normalized spacial score (nSPS) is 18.5. The van der Waals surface area contributed by atoms with E-state index >= 15 is 0 Å². The molecule has 5 heteroatoms. The molecule has 0 radical (unpaired) electrons. The zero-order valence-corrected chi connectivity index (χ0v) is 17.0. The molecule has 0 saturated heterocycles. The summed E-state index contributed by atoms with van der Waals surface area (Å²) in [4.78, 5) is 19.6. The summed E-state index contributed by atoms with van der Waals surface area (Å²) >= 11 is 1.44. The van der Waals surface area contributed by atoms with Crippen LogP contribution in [0.5, 0.6) is 0 Å². The minimum atomic E-state index is -0.0266. The quantitative estimate of drug-likeness (QED) is 0.594. The average Bonchev–Trinajstić information content (AvgIpc) is 3.03. The Morgan fingerprint density at radius 3 is 2.78 bits per heavy atom. The second-order valence-electron chi connectivity index (χ2n) is 7.63. The van der Waals surface area contributed by atoms with E-state index in [0.29, 0.717) is 23.3 Å². The first kappa shape index (κ1) is 18.0. The van der Waals surface area contributed by atoms with E-state index in [0.717, 1.165) is 22.1 Å². The number of carbonyl (C=O) groups excluding carboxylic acids is 1. The Morgan fingerprint density at radius 1 is 1.30 bits per heavy atom. The molecule has 1 amide bonds. The molecule has 1 fully saturated rings. The topological polar surface area (TPSA) is 46.3 Å². The van der Waals surface area contributed by atoms with E-state index in [1.807, 2.05) is 12.1 Å². The number of rotatable bonds is 5. The summed E-state index contributed by atoms with van der Waals surface area (Å²) in [6.45, 7) is 6.86. The Balaban J connectivity index is 1.46. The fourth-order valence-electron chi connectivity index (χ4n) is 3.44. The minimum Gasteiger partial charge on any atom is -0.464 e. The molecular formula is C22H24N2O2S. The van der Waals surface area contributed by atoms with Gasteiger partial charge in [-0.2, -0.15) is 0 Å². The first-order chi connectivity index (χ1) is 12.9. The Kier molecular flexibility index (Phi) is 4.64. The Hall–Kier alpha value is -2.40. The number of benzene rings is 1. The molecule has 27 heavy (non-hydrogen) atoms. The van der Waals surface area contributed by atoms with Crippen molar-refractivity contribution in [2.45, 2.75) is 39.7 Å². The lowest BCUT2D eigenvalue weighted by Gasteiger charge is -2.14. The van der Waals surface area contributed by atoms with Crippen LogP contribution < -0.4 is 0 Å². The number of hydrogen-bond donors (Lipinski definition) is 0. The summed E-state index contributed by atoms with van der Waals surface area (Å²) in [5.41, 5.74) is 3.48. The summed E-state index contributed by atoms with van der Waals surface area (Å²) in [6, 6.07) is 10.3. The van der Waals surface area contributed by atoms with Crippen LogP contribution in [0.15, 0.2) is 40.9 Å². The molecule has 1 aliphatic rings. The predicted octanol–water partition coefficient (Wildman–Crippen LogP) is 5.42. The van der Waals surface area contributed by atoms with Gasteiger partial charge in [0.25, 0.3) is 5.91 Å². The summed E-state index contributed by atoms with van der Waals surface area (Å²) in [6.07, 6.45) is 2.88. The van der Waals surface area contributed by atoms with Crippen LogP contribution in [0.4, 0.5) is 0 Å². The van der Waals surface area contributed by atoms with Crippen molar-refractivity contribution in [3.8, 4) is 10.6 Å². The Morgan fingerprint density at radius 2 is 2.07 bits per heavy atom. The van der Waals surface area contributed by atoms with Crippen LogP contribution in [-0.2, 0) is 6.54 Å². The number of hydrogen-bond acceptors (Lipinski definition) is 4. The van der Waals surface area contributed by atoms with Crippen molar-refractivity contribution in [3.05, 3.63) is 64.1 Å². The van der Waals surface area contributed by atoms with Crippen LogP contribution in [0, 0.1) is 19.8 Å². The highest BCUT2D eigenvalue weighted by molar-refractivity contribution is 7.16. The smallest absolute Gasteiger partial charge is 0.265 e. The van der Waals surface area contributed by atoms with Gasteiger partial charge in [0.1, 0.15) is 21.4 Å². The van der Waals surface area contributed by atoms with Crippen LogP contribution in [0.25, 0.3) is 10.6 Å². The maximum absolute atomic E-state index is 12.8. The van der Waals surface area contributed by atoms with E-state index in [1.165, 1.54) is 28.9 Å². The van der Waals surface area contributed by atoms with Gasteiger partial charge in [0, 0.05) is 18.5 Å². The third kappa shape index (κ3) is 3.69. The van der Waals surface area contributed by atoms with Crippen molar-refractivity contribution in [2.24, 2.45) is 5.92 Å². The lowest BCUT2D eigenvalue weighted by atomic mass is 10.1. The number of amides is 1. The van der Waals surface area contributed by atoms with E-state index < -0.39 is 0 Å². The van der Waals surface area contributed by atoms with E-state index in [4.69, 9.17) is 4.42 Å². The summed E-state index contributed by atoms with van der Waals surface area (Å²) < 4.78 is 5.93. The molecule has 4 rings (SSSR count). The lowest BCUT2D eigenvalue weighted by molar-refractivity contribution is 0.0779. The largest absolute Gasteiger partial charge is 0.464 e. The fraction of sp³-hybridized carbons (Fsp3) is 0.364. The highest BCUT2D eigenvalue weighted by Gasteiger charge is 2.36. The van der Waals surface area contributed by atoms with Crippen LogP contribution in [0.1, 0.15) is 51.6 Å². The van der Waals surface area contributed by atoms with E-state index in [2.05, 4.69) is 44.0 Å². The maximum Gasteiger partial charge on any atom is 0.265 e. The van der Waals surface area contributed by atoms with Crippen LogP contribution in [0.2, 0.25) is 0 Å². The molecule has 1 aromatic carbocycles. The third-order valence-corrected chi connectivity index (χ3v) is 6.24. The number of carbonyl (C=O) groups is 1. The molecule has 4 nitrogen and oxygen atoms in total.